The highest BCUT2D eigenvalue weighted by molar-refractivity contribution is 8.00. The van der Waals surface area contributed by atoms with E-state index in [-0.39, 0.29) is 12.2 Å². The third kappa shape index (κ3) is 4.49. The Morgan fingerprint density at radius 3 is 1.91 bits per heavy atom. The first-order valence-electron chi connectivity index (χ1n) is 10.8. The van der Waals surface area contributed by atoms with Crippen molar-refractivity contribution in [2.45, 2.75) is 23.0 Å². The molecule has 1 fully saturated rings. The van der Waals surface area contributed by atoms with Crippen molar-refractivity contribution in [2.75, 3.05) is 6.61 Å². The Morgan fingerprint density at radius 2 is 1.32 bits per heavy atom. The van der Waals surface area contributed by atoms with Gasteiger partial charge in [-0.05, 0) is 45.8 Å². The summed E-state index contributed by atoms with van der Waals surface area (Å²) in [5, 5.41) is 13.0. The van der Waals surface area contributed by atoms with E-state index in [4.69, 9.17) is 9.47 Å². The van der Waals surface area contributed by atoms with Crippen LogP contribution >= 0.6 is 11.8 Å². The van der Waals surface area contributed by atoms with Crippen LogP contribution in [-0.4, -0.2) is 46.6 Å². The van der Waals surface area contributed by atoms with E-state index < -0.39 is 34.9 Å². The Hall–Kier alpha value is -3.42. The molecule has 1 N–H and O–H groups in total. The smallest absolute Gasteiger partial charge is 0.338 e. The second-order valence-corrected chi connectivity index (χ2v) is 9.46. The van der Waals surface area contributed by atoms with Crippen molar-refractivity contribution in [1.82, 2.24) is 0 Å². The van der Waals surface area contributed by atoms with Crippen molar-refractivity contribution in [3.05, 3.63) is 96.1 Å². The van der Waals surface area contributed by atoms with Gasteiger partial charge < -0.3 is 14.6 Å². The van der Waals surface area contributed by atoms with Crippen molar-refractivity contribution < 1.29 is 28.6 Å². The Morgan fingerprint density at radius 1 is 0.794 bits per heavy atom. The predicted molar refractivity (Wildman–Crippen MR) is 130 cm³/mol. The van der Waals surface area contributed by atoms with Gasteiger partial charge in [0.15, 0.2) is 12.3 Å². The van der Waals surface area contributed by atoms with Crippen molar-refractivity contribution >= 4 is 45.2 Å². The molecule has 1 saturated heterocycles. The minimum absolute atomic E-state index is 0.205. The first kappa shape index (κ1) is 22.4. The third-order valence-corrected chi connectivity index (χ3v) is 7.15. The van der Waals surface area contributed by atoms with Gasteiger partial charge in [-0.15, -0.1) is 11.8 Å². The largest absolute Gasteiger partial charge is 0.461 e. The highest BCUT2D eigenvalue weighted by Gasteiger charge is 2.47. The van der Waals surface area contributed by atoms with Gasteiger partial charge in [-0.3, -0.25) is 0 Å². The molecule has 0 radical (unpaired) electrons. The zero-order valence-corrected chi connectivity index (χ0v) is 18.8. The standard InChI is InChI=1S/C27H21FO5S/c28-23-24(33-26(30)21-12-10-17-6-2-4-8-19(17)14-21)22(34-27(23)31)15-32-25(29)20-11-9-16-5-1-3-7-18(16)13-20/h1-14,22-24,27,31H,15H2/t22-,23-,24-,27?/m1/s1. The molecule has 34 heavy (non-hydrogen) atoms. The fourth-order valence-electron chi connectivity index (χ4n) is 4.04. The van der Waals surface area contributed by atoms with Gasteiger partial charge in [-0.1, -0.05) is 60.7 Å². The predicted octanol–water partition coefficient (Wildman–Crippen LogP) is 5.15. The molecule has 0 spiro atoms. The van der Waals surface area contributed by atoms with E-state index in [9.17, 15) is 19.1 Å². The van der Waals surface area contributed by atoms with Crippen molar-refractivity contribution in [2.24, 2.45) is 0 Å². The lowest BCUT2D eigenvalue weighted by Gasteiger charge is -2.20. The van der Waals surface area contributed by atoms with Gasteiger partial charge in [0.25, 0.3) is 0 Å². The summed E-state index contributed by atoms with van der Waals surface area (Å²) in [6.07, 6.45) is -3.04. The lowest BCUT2D eigenvalue weighted by Crippen LogP contribution is -2.36. The maximum Gasteiger partial charge on any atom is 0.338 e. The first-order valence-corrected chi connectivity index (χ1v) is 11.8. The number of hydrogen-bond acceptors (Lipinski definition) is 6. The number of alkyl halides is 1. The Labute approximate surface area is 199 Å². The molecule has 4 atom stereocenters. The van der Waals surface area contributed by atoms with Crippen molar-refractivity contribution in [3.8, 4) is 0 Å². The van der Waals surface area contributed by atoms with E-state index >= 15 is 0 Å². The summed E-state index contributed by atoms with van der Waals surface area (Å²) in [5.41, 5.74) is -0.730. The van der Waals surface area contributed by atoms with Crippen molar-refractivity contribution in [1.29, 1.82) is 0 Å². The number of carbonyl (C=O) groups excluding carboxylic acids is 2. The highest BCUT2D eigenvalue weighted by atomic mass is 32.2. The van der Waals surface area contributed by atoms with Gasteiger partial charge in [0.1, 0.15) is 12.0 Å². The number of rotatable bonds is 5. The van der Waals surface area contributed by atoms with Gasteiger partial charge in [0, 0.05) is 0 Å². The number of hydrogen-bond donors (Lipinski definition) is 1. The van der Waals surface area contributed by atoms with Crippen LogP contribution in [0, 0.1) is 0 Å². The second kappa shape index (κ2) is 9.44. The van der Waals surface area contributed by atoms with Crippen LogP contribution in [0.3, 0.4) is 0 Å². The molecule has 0 aromatic heterocycles. The zero-order valence-electron chi connectivity index (χ0n) is 18.0. The molecule has 5 rings (SSSR count). The summed E-state index contributed by atoms with van der Waals surface area (Å²) in [6.45, 7) is -0.205. The average molecular weight is 477 g/mol. The molecule has 0 bridgehead atoms. The van der Waals surface area contributed by atoms with Crippen LogP contribution in [0.5, 0.6) is 0 Å². The quantitative estimate of drug-likeness (QED) is 0.402. The molecule has 7 heteroatoms. The average Bonchev–Trinajstić information content (AvgIpc) is 3.14. The molecule has 0 saturated carbocycles. The summed E-state index contributed by atoms with van der Waals surface area (Å²) in [4.78, 5) is 25.3. The van der Waals surface area contributed by atoms with Crippen LogP contribution in [-0.2, 0) is 9.47 Å². The molecule has 1 aliphatic rings. The number of thioether (sulfide) groups is 1. The third-order valence-electron chi connectivity index (χ3n) is 5.86. The van der Waals surface area contributed by atoms with E-state index in [1.54, 1.807) is 30.3 Å². The zero-order chi connectivity index (χ0) is 23.7. The van der Waals surface area contributed by atoms with E-state index in [2.05, 4.69) is 0 Å². The van der Waals surface area contributed by atoms with Crippen LogP contribution in [0.15, 0.2) is 84.9 Å². The van der Waals surface area contributed by atoms with Crippen LogP contribution in [0.4, 0.5) is 4.39 Å². The summed E-state index contributed by atoms with van der Waals surface area (Å²) in [5.74, 6) is -1.26. The van der Waals surface area contributed by atoms with E-state index in [1.807, 2.05) is 54.6 Å². The fourth-order valence-corrected chi connectivity index (χ4v) is 5.21. The Kier molecular flexibility index (Phi) is 6.22. The molecular formula is C27H21FO5S. The minimum Gasteiger partial charge on any atom is -0.461 e. The monoisotopic (exact) mass is 476 g/mol. The number of aliphatic hydroxyl groups excluding tert-OH is 1. The molecule has 1 heterocycles. The molecule has 172 valence electrons. The van der Waals surface area contributed by atoms with Crippen LogP contribution in [0.2, 0.25) is 0 Å². The van der Waals surface area contributed by atoms with Gasteiger partial charge in [-0.25, -0.2) is 14.0 Å². The van der Waals surface area contributed by atoms with Gasteiger partial charge >= 0.3 is 11.9 Å². The van der Waals surface area contributed by atoms with Gasteiger partial charge in [0.2, 0.25) is 0 Å². The normalized spacial score (nSPS) is 22.1. The summed E-state index contributed by atoms with van der Waals surface area (Å²) in [7, 11) is 0. The minimum atomic E-state index is -1.79. The number of carbonyl (C=O) groups is 2. The topological polar surface area (TPSA) is 72.8 Å². The number of esters is 2. The van der Waals surface area contributed by atoms with E-state index in [0.29, 0.717) is 5.56 Å². The lowest BCUT2D eigenvalue weighted by molar-refractivity contribution is -0.0112. The molecule has 4 aromatic carbocycles. The molecule has 1 aliphatic heterocycles. The number of halogens is 1. The SMILES string of the molecule is O=C(OC[C@H]1SC(O)[C@H](F)[C@@H]1OC(=O)c1ccc2ccccc2c1)c1ccc2ccccc2c1. The fraction of sp³-hybridized carbons (Fsp3) is 0.185. The Balaban J connectivity index is 1.27. The van der Waals surface area contributed by atoms with Crippen molar-refractivity contribution in [3.63, 3.8) is 0 Å². The highest BCUT2D eigenvalue weighted by Crippen LogP contribution is 2.37. The summed E-state index contributed by atoms with van der Waals surface area (Å²) >= 11 is 0.887. The lowest BCUT2D eigenvalue weighted by atomic mass is 10.1. The first-order chi connectivity index (χ1) is 16.5. The molecular weight excluding hydrogens is 455 g/mol. The van der Waals surface area contributed by atoms with E-state index in [0.717, 1.165) is 33.3 Å². The maximum atomic E-state index is 14.7. The van der Waals surface area contributed by atoms with Gasteiger partial charge in [0.05, 0.1) is 16.4 Å². The maximum absolute atomic E-state index is 14.7. The van der Waals surface area contributed by atoms with Gasteiger partial charge in [-0.2, -0.15) is 0 Å². The molecule has 0 aliphatic carbocycles. The molecule has 5 nitrogen and oxygen atoms in total. The number of ether oxygens (including phenoxy) is 2. The number of fused-ring (bicyclic) bond motifs is 2. The summed E-state index contributed by atoms with van der Waals surface area (Å²) < 4.78 is 25.5. The number of aliphatic hydroxyl groups is 1. The van der Waals surface area contributed by atoms with Crippen LogP contribution < -0.4 is 0 Å². The Bertz CT molecular complexity index is 1370. The van der Waals surface area contributed by atoms with Crippen LogP contribution in [0.1, 0.15) is 20.7 Å². The number of benzene rings is 4. The second-order valence-electron chi connectivity index (χ2n) is 8.10. The molecule has 4 aromatic rings. The van der Waals surface area contributed by atoms with Crippen LogP contribution in [0.25, 0.3) is 21.5 Å². The van der Waals surface area contributed by atoms with E-state index in [1.165, 1.54) is 0 Å². The molecule has 0 amide bonds. The molecule has 1 unspecified atom stereocenters. The summed E-state index contributed by atoms with van der Waals surface area (Å²) in [6, 6.07) is 25.5.